The van der Waals surface area contributed by atoms with Gasteiger partial charge in [0.2, 0.25) is 0 Å². The fraction of sp³-hybridized carbons (Fsp3) is 0.409. The number of amides is 1. The summed E-state index contributed by atoms with van der Waals surface area (Å²) in [5.74, 6) is -0.0901. The number of carbonyl (C=O) groups is 1. The van der Waals surface area contributed by atoms with Crippen LogP contribution in [0.1, 0.15) is 53.6 Å². The van der Waals surface area contributed by atoms with Crippen LogP contribution in [0, 0.1) is 0 Å². The van der Waals surface area contributed by atoms with Crippen LogP contribution in [0.5, 0.6) is 0 Å². The minimum absolute atomic E-state index is 0.0901. The third-order valence-corrected chi connectivity index (χ3v) is 5.32. The molecule has 2 aromatic rings. The maximum absolute atomic E-state index is 12.4. The maximum atomic E-state index is 12.4. The summed E-state index contributed by atoms with van der Waals surface area (Å²) in [5.41, 5.74) is 9.43. The van der Waals surface area contributed by atoms with Crippen LogP contribution in [-0.2, 0) is 13.1 Å². The molecule has 0 atom stereocenters. The summed E-state index contributed by atoms with van der Waals surface area (Å²) in [6.45, 7) is 1.46. The minimum Gasteiger partial charge on any atom is -0.399 e. The van der Waals surface area contributed by atoms with Crippen molar-refractivity contribution in [2.75, 3.05) is 12.8 Å². The van der Waals surface area contributed by atoms with E-state index in [1.807, 2.05) is 6.07 Å². The molecule has 1 aliphatic rings. The van der Waals surface area contributed by atoms with E-state index in [0.717, 1.165) is 6.54 Å². The molecule has 1 fully saturated rings. The van der Waals surface area contributed by atoms with Crippen molar-refractivity contribution >= 4 is 11.6 Å². The zero-order chi connectivity index (χ0) is 18.4. The van der Waals surface area contributed by atoms with Gasteiger partial charge in [-0.2, -0.15) is 0 Å². The third-order valence-electron chi connectivity index (χ3n) is 5.32. The highest BCUT2D eigenvalue weighted by molar-refractivity contribution is 5.94. The highest BCUT2D eigenvalue weighted by atomic mass is 16.1. The van der Waals surface area contributed by atoms with Gasteiger partial charge in [0.25, 0.3) is 5.91 Å². The number of rotatable bonds is 6. The second-order valence-corrected chi connectivity index (χ2v) is 7.28. The van der Waals surface area contributed by atoms with Gasteiger partial charge < -0.3 is 11.1 Å². The molecule has 4 nitrogen and oxygen atoms in total. The molecule has 3 rings (SSSR count). The zero-order valence-electron chi connectivity index (χ0n) is 15.6. The van der Waals surface area contributed by atoms with Crippen LogP contribution in [-0.4, -0.2) is 23.9 Å². The molecule has 0 heterocycles. The number of nitrogens with one attached hydrogen (secondary N) is 1. The molecule has 0 spiro atoms. The van der Waals surface area contributed by atoms with Crippen LogP contribution in [0.25, 0.3) is 0 Å². The van der Waals surface area contributed by atoms with Crippen molar-refractivity contribution in [1.29, 1.82) is 0 Å². The highest BCUT2D eigenvalue weighted by Crippen LogP contribution is 2.23. The van der Waals surface area contributed by atoms with E-state index >= 15 is 0 Å². The van der Waals surface area contributed by atoms with E-state index in [4.69, 9.17) is 5.73 Å². The summed E-state index contributed by atoms with van der Waals surface area (Å²) in [6, 6.07) is 16.1. The molecule has 0 saturated heterocycles. The Morgan fingerprint density at radius 2 is 1.81 bits per heavy atom. The van der Waals surface area contributed by atoms with Crippen LogP contribution < -0.4 is 11.1 Å². The van der Waals surface area contributed by atoms with E-state index in [-0.39, 0.29) is 5.91 Å². The fourth-order valence-electron chi connectivity index (χ4n) is 3.76. The fourth-order valence-corrected chi connectivity index (χ4v) is 3.76. The smallest absolute Gasteiger partial charge is 0.251 e. The molecule has 0 radical (unpaired) electrons. The molecular weight excluding hydrogens is 322 g/mol. The molecule has 138 valence electrons. The normalized spacial score (nSPS) is 15.2. The molecule has 1 saturated carbocycles. The largest absolute Gasteiger partial charge is 0.399 e. The van der Waals surface area contributed by atoms with Crippen LogP contribution in [0.4, 0.5) is 5.69 Å². The Morgan fingerprint density at radius 3 is 2.54 bits per heavy atom. The lowest BCUT2D eigenvalue weighted by Gasteiger charge is -2.31. The Labute approximate surface area is 156 Å². The van der Waals surface area contributed by atoms with Gasteiger partial charge in [0, 0.05) is 30.4 Å². The van der Waals surface area contributed by atoms with E-state index in [0.29, 0.717) is 23.8 Å². The number of nitrogen functional groups attached to an aromatic ring is 1. The van der Waals surface area contributed by atoms with Gasteiger partial charge in [-0.3, -0.25) is 9.69 Å². The Kier molecular flexibility index (Phi) is 6.29. The maximum Gasteiger partial charge on any atom is 0.251 e. The van der Waals surface area contributed by atoms with Crippen molar-refractivity contribution in [2.24, 2.45) is 0 Å². The molecule has 1 aliphatic carbocycles. The lowest BCUT2D eigenvalue weighted by atomic mass is 9.94. The number of nitrogens with zero attached hydrogens (tertiary/aromatic N) is 1. The van der Waals surface area contributed by atoms with Crippen LogP contribution in [0.3, 0.4) is 0 Å². The quantitative estimate of drug-likeness (QED) is 0.775. The molecule has 2 aromatic carbocycles. The molecular formula is C22H29N3O. The first kappa shape index (κ1) is 18.5. The molecule has 0 unspecified atom stereocenters. The van der Waals surface area contributed by atoms with Gasteiger partial charge in [-0.1, -0.05) is 49.6 Å². The van der Waals surface area contributed by atoms with Crippen molar-refractivity contribution in [3.8, 4) is 0 Å². The van der Waals surface area contributed by atoms with E-state index in [2.05, 4.69) is 35.5 Å². The number of nitrogens with two attached hydrogens (primary N) is 1. The van der Waals surface area contributed by atoms with E-state index in [1.54, 1.807) is 24.3 Å². The van der Waals surface area contributed by atoms with E-state index in [1.165, 1.54) is 43.2 Å². The predicted molar refractivity (Wildman–Crippen MR) is 107 cm³/mol. The molecule has 4 heteroatoms. The number of benzene rings is 2. The molecule has 0 aliphatic heterocycles. The van der Waals surface area contributed by atoms with Crippen molar-refractivity contribution in [3.05, 3.63) is 65.2 Å². The Balaban J connectivity index is 1.62. The van der Waals surface area contributed by atoms with Gasteiger partial charge in [0.05, 0.1) is 0 Å². The summed E-state index contributed by atoms with van der Waals surface area (Å²) >= 11 is 0. The minimum atomic E-state index is -0.0901. The van der Waals surface area contributed by atoms with Crippen LogP contribution in [0.15, 0.2) is 48.5 Å². The summed E-state index contributed by atoms with van der Waals surface area (Å²) in [7, 11) is 2.22. The van der Waals surface area contributed by atoms with Crippen molar-refractivity contribution < 1.29 is 4.79 Å². The number of hydrogen-bond acceptors (Lipinski definition) is 3. The van der Waals surface area contributed by atoms with Gasteiger partial charge >= 0.3 is 0 Å². The summed E-state index contributed by atoms with van der Waals surface area (Å²) < 4.78 is 0. The van der Waals surface area contributed by atoms with Crippen molar-refractivity contribution in [3.63, 3.8) is 0 Å². The number of hydrogen-bond donors (Lipinski definition) is 2. The van der Waals surface area contributed by atoms with Gasteiger partial charge in [-0.15, -0.1) is 0 Å². The Bertz CT molecular complexity index is 738. The molecule has 0 aromatic heterocycles. The SMILES string of the molecule is CN(Cc1ccccc1CNC(=O)c1cccc(N)c1)C1CCCCC1. The van der Waals surface area contributed by atoms with Crippen LogP contribution in [0.2, 0.25) is 0 Å². The van der Waals surface area contributed by atoms with Gasteiger partial charge in [0.1, 0.15) is 0 Å². The average molecular weight is 351 g/mol. The van der Waals surface area contributed by atoms with E-state index < -0.39 is 0 Å². The standard InChI is InChI=1S/C22H29N3O/c1-25(21-12-3-2-4-13-21)16-19-9-6-5-8-18(19)15-24-22(26)17-10-7-11-20(23)14-17/h5-11,14,21H,2-4,12-13,15-16,23H2,1H3,(H,24,26). The second-order valence-electron chi connectivity index (χ2n) is 7.28. The average Bonchev–Trinajstić information content (AvgIpc) is 2.67. The van der Waals surface area contributed by atoms with Gasteiger partial charge in [-0.05, 0) is 49.2 Å². The van der Waals surface area contributed by atoms with E-state index in [9.17, 15) is 4.79 Å². The van der Waals surface area contributed by atoms with Crippen LogP contribution >= 0.6 is 0 Å². The summed E-state index contributed by atoms with van der Waals surface area (Å²) in [4.78, 5) is 14.8. The van der Waals surface area contributed by atoms with Gasteiger partial charge in [-0.25, -0.2) is 0 Å². The first-order chi connectivity index (χ1) is 12.6. The number of anilines is 1. The Morgan fingerprint density at radius 1 is 1.08 bits per heavy atom. The predicted octanol–water partition coefficient (Wildman–Crippen LogP) is 3.96. The number of carbonyl (C=O) groups excluding carboxylic acids is 1. The molecule has 26 heavy (non-hydrogen) atoms. The first-order valence-electron chi connectivity index (χ1n) is 9.54. The topological polar surface area (TPSA) is 58.4 Å². The second kappa shape index (κ2) is 8.86. The summed E-state index contributed by atoms with van der Waals surface area (Å²) in [5, 5.41) is 3.02. The third kappa shape index (κ3) is 4.85. The molecule has 0 bridgehead atoms. The van der Waals surface area contributed by atoms with Gasteiger partial charge in [0.15, 0.2) is 0 Å². The van der Waals surface area contributed by atoms with Crippen molar-refractivity contribution in [2.45, 2.75) is 51.2 Å². The molecule has 1 amide bonds. The monoisotopic (exact) mass is 351 g/mol. The van der Waals surface area contributed by atoms with Crippen molar-refractivity contribution in [1.82, 2.24) is 10.2 Å². The highest BCUT2D eigenvalue weighted by Gasteiger charge is 2.18. The Hall–Kier alpha value is -2.33. The lowest BCUT2D eigenvalue weighted by Crippen LogP contribution is -2.33. The summed E-state index contributed by atoms with van der Waals surface area (Å²) in [6.07, 6.45) is 6.65. The zero-order valence-corrected chi connectivity index (χ0v) is 15.6. The lowest BCUT2D eigenvalue weighted by molar-refractivity contribution is 0.0950. The molecule has 3 N–H and O–H groups in total. The first-order valence-corrected chi connectivity index (χ1v) is 9.54.